The summed E-state index contributed by atoms with van der Waals surface area (Å²) in [5, 5.41) is 12.2. The van der Waals surface area contributed by atoms with Crippen LogP contribution in [0.1, 0.15) is 22.8 Å². The second-order valence-corrected chi connectivity index (χ2v) is 6.54. The molecule has 0 saturated heterocycles. The third kappa shape index (κ3) is 2.92. The zero-order valence-electron chi connectivity index (χ0n) is 13.3. The summed E-state index contributed by atoms with van der Waals surface area (Å²) in [7, 11) is 0. The molecule has 3 aromatic rings. The summed E-state index contributed by atoms with van der Waals surface area (Å²) in [6.07, 6.45) is 1.76. The van der Waals surface area contributed by atoms with Crippen molar-refractivity contribution in [1.29, 1.82) is 0 Å². The fourth-order valence-corrected chi connectivity index (χ4v) is 3.19. The number of nitrogens with one attached hydrogen (secondary N) is 1. The highest BCUT2D eigenvalue weighted by molar-refractivity contribution is 7.71. The van der Waals surface area contributed by atoms with Crippen LogP contribution in [0.4, 0.5) is 0 Å². The summed E-state index contributed by atoms with van der Waals surface area (Å²) in [6, 6.07) is 7.62. The van der Waals surface area contributed by atoms with E-state index in [4.69, 9.17) is 35.4 Å². The van der Waals surface area contributed by atoms with Gasteiger partial charge in [-0.25, -0.2) is 0 Å². The van der Waals surface area contributed by atoms with E-state index < -0.39 is 0 Å². The van der Waals surface area contributed by atoms with Gasteiger partial charge >= 0.3 is 0 Å². The number of nitrogens with zero attached hydrogens (tertiary/aromatic N) is 4. The number of hydrogen-bond donors (Lipinski definition) is 1. The first-order valence-corrected chi connectivity index (χ1v) is 8.38. The highest BCUT2D eigenvalue weighted by atomic mass is 35.5. The van der Waals surface area contributed by atoms with Gasteiger partial charge in [0.1, 0.15) is 5.82 Å². The molecule has 0 spiro atoms. The molecule has 1 N–H and O–H groups in total. The molecule has 0 aliphatic heterocycles. The van der Waals surface area contributed by atoms with Gasteiger partial charge in [-0.2, -0.15) is 14.9 Å². The summed E-state index contributed by atoms with van der Waals surface area (Å²) >= 11 is 17.7. The molecule has 8 heteroatoms. The minimum atomic E-state index is 0.454. The van der Waals surface area contributed by atoms with Crippen molar-refractivity contribution >= 4 is 41.6 Å². The van der Waals surface area contributed by atoms with Crippen LogP contribution < -0.4 is 0 Å². The van der Waals surface area contributed by atoms with Crippen LogP contribution in [0.2, 0.25) is 10.0 Å². The molecule has 0 amide bonds. The predicted molar refractivity (Wildman–Crippen MR) is 100 cm³/mol. The maximum atomic E-state index is 6.36. The van der Waals surface area contributed by atoms with Crippen molar-refractivity contribution in [3.05, 3.63) is 61.9 Å². The molecule has 0 aliphatic rings. The number of benzene rings is 1. The van der Waals surface area contributed by atoms with Crippen molar-refractivity contribution in [2.45, 2.75) is 20.8 Å². The summed E-state index contributed by atoms with van der Waals surface area (Å²) in [5.74, 6) is 0.697. The summed E-state index contributed by atoms with van der Waals surface area (Å²) in [4.78, 5) is 0. The lowest BCUT2D eigenvalue weighted by Gasteiger charge is -2.12. The second-order valence-electron chi connectivity index (χ2n) is 5.37. The molecule has 5 nitrogen and oxygen atoms in total. The Labute approximate surface area is 154 Å². The van der Waals surface area contributed by atoms with Gasteiger partial charge in [0.25, 0.3) is 0 Å². The van der Waals surface area contributed by atoms with Crippen LogP contribution in [0.3, 0.4) is 0 Å². The monoisotopic (exact) mass is 379 g/mol. The molecule has 0 fully saturated rings. The van der Waals surface area contributed by atoms with Crippen LogP contribution in [0, 0.1) is 25.5 Å². The fraction of sp³-hybridized carbons (Fsp3) is 0.188. The lowest BCUT2D eigenvalue weighted by molar-refractivity contribution is 0.820. The lowest BCUT2D eigenvalue weighted by Crippen LogP contribution is -2.01. The van der Waals surface area contributed by atoms with Gasteiger partial charge in [0.05, 0.1) is 21.9 Å². The summed E-state index contributed by atoms with van der Waals surface area (Å²) < 4.78 is 4.08. The van der Waals surface area contributed by atoms with E-state index in [1.165, 1.54) is 0 Å². The molecular formula is C16H15Cl2N5S. The number of rotatable bonds is 3. The number of aryl methyl sites for hydroxylation is 2. The van der Waals surface area contributed by atoms with Crippen LogP contribution in [-0.2, 0) is 0 Å². The van der Waals surface area contributed by atoms with Crippen molar-refractivity contribution in [2.75, 3.05) is 0 Å². The highest BCUT2D eigenvalue weighted by Crippen LogP contribution is 2.31. The van der Waals surface area contributed by atoms with Gasteiger partial charge in [-0.3, -0.25) is 5.10 Å². The van der Waals surface area contributed by atoms with Gasteiger partial charge in [-0.15, -0.1) is 0 Å². The topological polar surface area (TPSA) is 50.9 Å². The zero-order chi connectivity index (χ0) is 17.4. The molecule has 124 valence electrons. The molecule has 1 aromatic carbocycles. The first-order chi connectivity index (χ1) is 11.4. The Morgan fingerprint density at radius 1 is 1.25 bits per heavy atom. The number of aromatic nitrogens is 4. The normalized spacial score (nSPS) is 11.5. The minimum absolute atomic E-state index is 0.454. The van der Waals surface area contributed by atoms with Gasteiger partial charge in [0.2, 0.25) is 4.77 Å². The third-order valence-electron chi connectivity index (χ3n) is 3.77. The molecule has 0 atom stereocenters. The molecule has 2 aromatic heterocycles. The number of aromatic amines is 1. The maximum absolute atomic E-state index is 6.36. The van der Waals surface area contributed by atoms with E-state index >= 15 is 0 Å². The second kappa shape index (κ2) is 6.55. The predicted octanol–water partition coefficient (Wildman–Crippen LogP) is 4.85. The minimum Gasteiger partial charge on any atom is -0.316 e. The van der Waals surface area contributed by atoms with E-state index in [1.54, 1.807) is 17.0 Å². The average Bonchev–Trinajstić information content (AvgIpc) is 3.00. The number of halogens is 2. The molecule has 3 rings (SSSR count). The standard InChI is InChI=1S/C16H15Cl2N5S/c1-9-7-12(8-19-23-11(3)20-21-16(23)24)10(2)22(9)14-6-4-5-13(17)15(14)18/h4-8H,1-3H3,(H,21,24)/b19-8-. The molecule has 0 aliphatic carbocycles. The van der Waals surface area contributed by atoms with Crippen molar-refractivity contribution in [1.82, 2.24) is 19.4 Å². The van der Waals surface area contributed by atoms with Crippen molar-refractivity contribution in [3.63, 3.8) is 0 Å². The zero-order valence-corrected chi connectivity index (χ0v) is 15.7. The lowest BCUT2D eigenvalue weighted by atomic mass is 10.2. The van der Waals surface area contributed by atoms with Crippen LogP contribution in [0.5, 0.6) is 0 Å². The molecular weight excluding hydrogens is 365 g/mol. The fourth-order valence-electron chi connectivity index (χ4n) is 2.58. The Hall–Kier alpha value is -1.89. The van der Waals surface area contributed by atoms with Crippen LogP contribution in [0.25, 0.3) is 5.69 Å². The first kappa shape index (κ1) is 17.0. The molecule has 2 heterocycles. The smallest absolute Gasteiger partial charge is 0.216 e. The van der Waals surface area contributed by atoms with E-state index in [-0.39, 0.29) is 0 Å². The Bertz CT molecular complexity index is 997. The largest absolute Gasteiger partial charge is 0.316 e. The highest BCUT2D eigenvalue weighted by Gasteiger charge is 2.13. The molecule has 0 bridgehead atoms. The van der Waals surface area contributed by atoms with Gasteiger partial charge < -0.3 is 4.57 Å². The Balaban J connectivity index is 2.07. The molecule has 0 saturated carbocycles. The Kier molecular flexibility index (Phi) is 4.62. The quantitative estimate of drug-likeness (QED) is 0.522. The van der Waals surface area contributed by atoms with Crippen LogP contribution >= 0.6 is 35.4 Å². The van der Waals surface area contributed by atoms with Crippen LogP contribution in [0.15, 0.2) is 29.4 Å². The van der Waals surface area contributed by atoms with E-state index in [2.05, 4.69) is 19.9 Å². The first-order valence-electron chi connectivity index (χ1n) is 7.22. The van der Waals surface area contributed by atoms with Gasteiger partial charge in [0, 0.05) is 17.0 Å². The van der Waals surface area contributed by atoms with Gasteiger partial charge in [-0.1, -0.05) is 29.3 Å². The summed E-state index contributed by atoms with van der Waals surface area (Å²) in [6.45, 7) is 5.85. The molecule has 24 heavy (non-hydrogen) atoms. The molecule has 0 radical (unpaired) electrons. The van der Waals surface area contributed by atoms with E-state index in [9.17, 15) is 0 Å². The number of hydrogen-bond acceptors (Lipinski definition) is 3. The van der Waals surface area contributed by atoms with Crippen molar-refractivity contribution < 1.29 is 0 Å². The van der Waals surface area contributed by atoms with Crippen LogP contribution in [-0.4, -0.2) is 25.7 Å². The van der Waals surface area contributed by atoms with Gasteiger partial charge in [0.15, 0.2) is 0 Å². The third-order valence-corrected chi connectivity index (χ3v) is 4.84. The molecule has 0 unspecified atom stereocenters. The Morgan fingerprint density at radius 2 is 2.00 bits per heavy atom. The van der Waals surface area contributed by atoms with Crippen molar-refractivity contribution in [2.24, 2.45) is 5.10 Å². The van der Waals surface area contributed by atoms with Crippen molar-refractivity contribution in [3.8, 4) is 5.69 Å². The Morgan fingerprint density at radius 3 is 2.67 bits per heavy atom. The maximum Gasteiger partial charge on any atom is 0.216 e. The number of H-pyrrole nitrogens is 1. The van der Waals surface area contributed by atoms with E-state index in [0.717, 1.165) is 22.6 Å². The van der Waals surface area contributed by atoms with E-state index in [0.29, 0.717) is 20.6 Å². The summed E-state index contributed by atoms with van der Waals surface area (Å²) in [5.41, 5.74) is 3.85. The van der Waals surface area contributed by atoms with Gasteiger partial charge in [-0.05, 0) is 51.2 Å². The average molecular weight is 380 g/mol. The van der Waals surface area contributed by atoms with E-state index in [1.807, 2.05) is 39.0 Å². The SMILES string of the molecule is Cc1cc(/C=N\n2c(C)n[nH]c2=S)c(C)n1-c1cccc(Cl)c1Cl.